The van der Waals surface area contributed by atoms with Crippen LogP contribution >= 0.6 is 7.82 Å². The highest BCUT2D eigenvalue weighted by molar-refractivity contribution is 7.43. The molecule has 0 saturated carbocycles. The van der Waals surface area contributed by atoms with Gasteiger partial charge in [-0.2, -0.15) is 0 Å². The number of carbonyl (C=O) groups is 1. The van der Waals surface area contributed by atoms with Crippen LogP contribution in [-0.4, -0.2) is 54.5 Å². The maximum atomic E-state index is 10.9. The highest BCUT2D eigenvalue weighted by atomic mass is 31.2. The van der Waals surface area contributed by atoms with Crippen molar-refractivity contribution in [3.63, 3.8) is 0 Å². The Balaban J connectivity index is 0. The van der Waals surface area contributed by atoms with E-state index in [9.17, 15) is 4.79 Å². The summed E-state index contributed by atoms with van der Waals surface area (Å²) in [7, 11) is 1.26. The molecule has 0 aliphatic heterocycles. The molecule has 7 nitrogen and oxygen atoms in total. The molecule has 17 heavy (non-hydrogen) atoms. The summed E-state index contributed by atoms with van der Waals surface area (Å²) in [6.45, 7) is 6.41. The lowest BCUT2D eigenvalue weighted by molar-refractivity contribution is -0.870. The molecule has 0 fully saturated rings. The third-order valence-corrected chi connectivity index (χ3v) is 1.34. The lowest BCUT2D eigenvalue weighted by atomic mass is 10.4. The van der Waals surface area contributed by atoms with Crippen molar-refractivity contribution < 1.29 is 33.3 Å². The van der Waals surface area contributed by atoms with Crippen molar-refractivity contribution >= 4 is 13.8 Å². The van der Waals surface area contributed by atoms with Crippen LogP contribution in [0.2, 0.25) is 0 Å². The summed E-state index contributed by atoms with van der Waals surface area (Å²) < 4.78 is 14.5. The van der Waals surface area contributed by atoms with Crippen LogP contribution < -0.4 is 4.89 Å². The first-order chi connectivity index (χ1) is 7.33. The van der Waals surface area contributed by atoms with E-state index in [1.54, 1.807) is 6.92 Å². The number of hydrogen-bond donors (Lipinski definition) is 2. The Bertz CT molecular complexity index is 295. The van der Waals surface area contributed by atoms with Crippen LogP contribution in [0.4, 0.5) is 0 Å². The van der Waals surface area contributed by atoms with Gasteiger partial charge in [-0.25, -0.2) is 4.79 Å². The largest absolute Gasteiger partial charge is 0.756 e. The van der Waals surface area contributed by atoms with Crippen molar-refractivity contribution in [1.29, 1.82) is 0 Å². The molecule has 0 aromatic rings. The minimum absolute atomic E-state index is 0.302. The van der Waals surface area contributed by atoms with Gasteiger partial charge >= 0.3 is 5.97 Å². The molecule has 8 heteroatoms. The number of esters is 1. The second-order valence-corrected chi connectivity index (χ2v) is 5.40. The summed E-state index contributed by atoms with van der Waals surface area (Å²) in [5.74, 6) is -0.302. The lowest BCUT2D eigenvalue weighted by Crippen LogP contribution is -2.38. The van der Waals surface area contributed by atoms with Crippen LogP contribution in [0.15, 0.2) is 12.2 Å². The minimum atomic E-state index is -4.89. The topological polar surface area (TPSA) is 107 Å². The van der Waals surface area contributed by atoms with E-state index < -0.39 is 7.82 Å². The summed E-state index contributed by atoms with van der Waals surface area (Å²) in [6.07, 6.45) is 0. The fourth-order valence-electron chi connectivity index (χ4n) is 0.535. The average Bonchev–Trinajstić information content (AvgIpc) is 1.97. The van der Waals surface area contributed by atoms with Gasteiger partial charge in [0.25, 0.3) is 7.82 Å². The molecule has 2 N–H and O–H groups in total. The number of carbonyl (C=O) groups excluding carboxylic acids is 1. The van der Waals surface area contributed by atoms with Crippen molar-refractivity contribution in [2.24, 2.45) is 0 Å². The SMILES string of the molecule is C=C(C)C(=O)OCC[N+](C)(C)C.O=P([O-])(O)O. The van der Waals surface area contributed by atoms with E-state index in [1.807, 2.05) is 0 Å². The van der Waals surface area contributed by atoms with Gasteiger partial charge in [-0.15, -0.1) is 0 Å². The maximum Gasteiger partial charge on any atom is 0.333 e. The summed E-state index contributed by atoms with van der Waals surface area (Å²) >= 11 is 0. The predicted molar refractivity (Wildman–Crippen MR) is 60.7 cm³/mol. The highest BCUT2D eigenvalue weighted by Gasteiger charge is 2.09. The maximum absolute atomic E-state index is 10.9. The molecule has 0 aliphatic rings. The molecule has 0 atom stereocenters. The minimum Gasteiger partial charge on any atom is -0.756 e. The Labute approximate surface area is 101 Å². The molecule has 0 aromatic heterocycles. The molecular weight excluding hydrogens is 249 g/mol. The predicted octanol–water partition coefficient (Wildman–Crippen LogP) is -0.749. The van der Waals surface area contributed by atoms with Crippen LogP contribution in [-0.2, 0) is 14.1 Å². The van der Waals surface area contributed by atoms with E-state index >= 15 is 0 Å². The van der Waals surface area contributed by atoms with E-state index in [1.165, 1.54) is 0 Å². The van der Waals surface area contributed by atoms with Gasteiger partial charge in [-0.3, -0.25) is 4.57 Å². The monoisotopic (exact) mass is 269 g/mol. The van der Waals surface area contributed by atoms with Gasteiger partial charge in [0.1, 0.15) is 13.2 Å². The second kappa shape index (κ2) is 7.58. The van der Waals surface area contributed by atoms with E-state index in [-0.39, 0.29) is 5.97 Å². The molecule has 0 aliphatic carbocycles. The van der Waals surface area contributed by atoms with E-state index in [0.717, 1.165) is 11.0 Å². The Morgan fingerprint density at radius 2 is 1.76 bits per heavy atom. The molecule has 0 aromatic carbocycles. The zero-order chi connectivity index (χ0) is 14.3. The number of likely N-dealkylation sites (N-methyl/N-ethyl adjacent to an activating group) is 1. The van der Waals surface area contributed by atoms with Crippen molar-refractivity contribution in [3.05, 3.63) is 12.2 Å². The molecule has 0 heterocycles. The molecule has 0 saturated heterocycles. The van der Waals surface area contributed by atoms with E-state index in [0.29, 0.717) is 12.2 Å². The van der Waals surface area contributed by atoms with Crippen molar-refractivity contribution in [2.75, 3.05) is 34.3 Å². The zero-order valence-electron chi connectivity index (χ0n) is 10.5. The fraction of sp³-hybridized carbons (Fsp3) is 0.667. The number of quaternary nitrogens is 1. The zero-order valence-corrected chi connectivity index (χ0v) is 11.4. The number of nitrogens with zero attached hydrogens (tertiary/aromatic N) is 1. The molecule has 102 valence electrons. The van der Waals surface area contributed by atoms with Gasteiger partial charge in [0, 0.05) is 5.57 Å². The molecule has 0 unspecified atom stereocenters. The van der Waals surface area contributed by atoms with Gasteiger partial charge in [0.15, 0.2) is 0 Å². The van der Waals surface area contributed by atoms with Crippen molar-refractivity contribution in [3.8, 4) is 0 Å². The van der Waals surface area contributed by atoms with Gasteiger partial charge < -0.3 is 23.9 Å². The molecular formula is C9H20NO6P. The van der Waals surface area contributed by atoms with Crippen LogP contribution in [0.5, 0.6) is 0 Å². The Hall–Kier alpha value is -0.720. The van der Waals surface area contributed by atoms with E-state index in [4.69, 9.17) is 24.0 Å². The van der Waals surface area contributed by atoms with Crippen LogP contribution in [0.3, 0.4) is 0 Å². The third kappa shape index (κ3) is 25.5. The molecule has 0 bridgehead atoms. The average molecular weight is 269 g/mol. The number of hydrogen-bond acceptors (Lipinski definition) is 4. The van der Waals surface area contributed by atoms with E-state index in [2.05, 4.69) is 27.7 Å². The highest BCUT2D eigenvalue weighted by Crippen LogP contribution is 2.18. The van der Waals surface area contributed by atoms with Crippen molar-refractivity contribution in [2.45, 2.75) is 6.92 Å². The first-order valence-corrected chi connectivity index (χ1v) is 6.25. The Morgan fingerprint density at radius 3 is 2.00 bits per heavy atom. The van der Waals surface area contributed by atoms with Crippen molar-refractivity contribution in [1.82, 2.24) is 0 Å². The summed E-state index contributed by atoms with van der Waals surface area (Å²) in [4.78, 5) is 33.8. The summed E-state index contributed by atoms with van der Waals surface area (Å²) in [5, 5.41) is 0. The van der Waals surface area contributed by atoms with Gasteiger partial charge in [-0.1, -0.05) is 6.58 Å². The second-order valence-electron chi connectivity index (χ2n) is 4.42. The molecule has 0 spiro atoms. The normalized spacial score (nSPS) is 11.2. The third-order valence-electron chi connectivity index (χ3n) is 1.34. The number of phosphoric acid groups is 1. The lowest BCUT2D eigenvalue weighted by Gasteiger charge is -2.23. The fourth-order valence-corrected chi connectivity index (χ4v) is 0.535. The van der Waals surface area contributed by atoms with Crippen LogP contribution in [0.1, 0.15) is 6.92 Å². The number of rotatable bonds is 4. The quantitative estimate of drug-likeness (QED) is 0.301. The van der Waals surface area contributed by atoms with Gasteiger partial charge in [0.2, 0.25) is 0 Å². The number of ether oxygens (including phenoxy) is 1. The molecule has 0 amide bonds. The standard InChI is InChI=1S/C9H18NO2.H3O4P/c1-8(2)9(11)12-7-6-10(3,4)5;1-5(2,3)4/h1,6-7H2,2-5H3;(H3,1,2,3,4)/q+1;/p-1. The van der Waals surface area contributed by atoms with Gasteiger partial charge in [0.05, 0.1) is 21.1 Å². The Kier molecular flexibility index (Phi) is 8.31. The first kappa shape index (κ1) is 18.6. The van der Waals surface area contributed by atoms with Crippen LogP contribution in [0, 0.1) is 0 Å². The van der Waals surface area contributed by atoms with Gasteiger partial charge in [-0.05, 0) is 6.92 Å². The molecule has 0 radical (unpaired) electrons. The summed E-state index contributed by atoms with van der Waals surface area (Å²) in [5.41, 5.74) is 0.455. The smallest absolute Gasteiger partial charge is 0.333 e. The first-order valence-electron chi connectivity index (χ1n) is 4.72. The Morgan fingerprint density at radius 1 is 1.41 bits per heavy atom. The van der Waals surface area contributed by atoms with Crippen LogP contribution in [0.25, 0.3) is 0 Å². The summed E-state index contributed by atoms with van der Waals surface area (Å²) in [6, 6.07) is 0. The molecule has 0 rings (SSSR count).